The Hall–Kier alpha value is -0.630. The van der Waals surface area contributed by atoms with Gasteiger partial charge in [0.1, 0.15) is 5.78 Å². The molecule has 0 rings (SSSR count). The molecule has 0 heterocycles. The van der Waals surface area contributed by atoms with Crippen molar-refractivity contribution in [1.82, 2.24) is 0 Å². The molecule has 0 aromatic carbocycles. The van der Waals surface area contributed by atoms with Gasteiger partial charge in [0.2, 0.25) is 0 Å². The first kappa shape index (κ1) is 12.4. The van der Waals surface area contributed by atoms with E-state index in [1.54, 1.807) is 6.92 Å². The molecular formula is C11H20O2. The molecule has 0 fully saturated rings. The van der Waals surface area contributed by atoms with Crippen molar-refractivity contribution in [1.29, 1.82) is 0 Å². The summed E-state index contributed by atoms with van der Waals surface area (Å²) < 4.78 is 0. The van der Waals surface area contributed by atoms with Crippen molar-refractivity contribution in [3.8, 4) is 0 Å². The number of aliphatic hydroxyl groups is 1. The van der Waals surface area contributed by atoms with Crippen LogP contribution in [0.2, 0.25) is 0 Å². The lowest BCUT2D eigenvalue weighted by Gasteiger charge is -2.02. The number of hydrogen-bond acceptors (Lipinski definition) is 2. The molecule has 76 valence electrons. The minimum Gasteiger partial charge on any atom is -0.393 e. The SMILES string of the molecule is CC=CCC(=O)CCCCC(C)O. The lowest BCUT2D eigenvalue weighted by molar-refractivity contribution is -0.118. The zero-order chi connectivity index (χ0) is 10.1. The first-order chi connectivity index (χ1) is 6.16. The van der Waals surface area contributed by atoms with Gasteiger partial charge in [-0.25, -0.2) is 0 Å². The second kappa shape index (κ2) is 7.99. The average Bonchev–Trinajstić information content (AvgIpc) is 2.08. The van der Waals surface area contributed by atoms with E-state index in [0.717, 1.165) is 19.3 Å². The summed E-state index contributed by atoms with van der Waals surface area (Å²) in [4.78, 5) is 11.1. The van der Waals surface area contributed by atoms with Gasteiger partial charge in [0.15, 0.2) is 0 Å². The molecule has 0 radical (unpaired) electrons. The predicted octanol–water partition coefficient (Wildman–Crippen LogP) is 2.46. The van der Waals surface area contributed by atoms with Gasteiger partial charge >= 0.3 is 0 Å². The van der Waals surface area contributed by atoms with Gasteiger partial charge in [-0.3, -0.25) is 4.79 Å². The molecular weight excluding hydrogens is 164 g/mol. The summed E-state index contributed by atoms with van der Waals surface area (Å²) in [6, 6.07) is 0. The van der Waals surface area contributed by atoms with E-state index in [9.17, 15) is 4.79 Å². The van der Waals surface area contributed by atoms with Gasteiger partial charge in [-0.15, -0.1) is 0 Å². The van der Waals surface area contributed by atoms with Crippen LogP contribution in [0.5, 0.6) is 0 Å². The second-order valence-corrected chi connectivity index (χ2v) is 3.41. The van der Waals surface area contributed by atoms with Gasteiger partial charge in [-0.1, -0.05) is 18.6 Å². The molecule has 0 spiro atoms. The van der Waals surface area contributed by atoms with Crippen LogP contribution >= 0.6 is 0 Å². The van der Waals surface area contributed by atoms with Crippen molar-refractivity contribution in [3.63, 3.8) is 0 Å². The quantitative estimate of drug-likeness (QED) is 0.487. The summed E-state index contributed by atoms with van der Waals surface area (Å²) in [5, 5.41) is 8.96. The molecule has 1 unspecified atom stereocenters. The van der Waals surface area contributed by atoms with Gasteiger partial charge in [0, 0.05) is 12.8 Å². The number of carbonyl (C=O) groups excluding carboxylic acids is 1. The molecule has 0 saturated heterocycles. The van der Waals surface area contributed by atoms with Crippen molar-refractivity contribution in [3.05, 3.63) is 12.2 Å². The average molecular weight is 184 g/mol. The third-order valence-corrected chi connectivity index (χ3v) is 1.91. The fraction of sp³-hybridized carbons (Fsp3) is 0.727. The second-order valence-electron chi connectivity index (χ2n) is 3.41. The van der Waals surface area contributed by atoms with E-state index >= 15 is 0 Å². The molecule has 2 nitrogen and oxygen atoms in total. The van der Waals surface area contributed by atoms with E-state index in [1.807, 2.05) is 19.1 Å². The van der Waals surface area contributed by atoms with Crippen molar-refractivity contribution in [2.75, 3.05) is 0 Å². The topological polar surface area (TPSA) is 37.3 Å². The Kier molecular flexibility index (Phi) is 7.60. The van der Waals surface area contributed by atoms with E-state index in [2.05, 4.69) is 0 Å². The number of unbranched alkanes of at least 4 members (excludes halogenated alkanes) is 1. The number of Topliss-reactive ketones (excluding diaryl/α,β-unsaturated/α-hetero) is 1. The number of ketones is 1. The highest BCUT2D eigenvalue weighted by molar-refractivity contribution is 5.79. The number of carbonyl (C=O) groups is 1. The molecule has 13 heavy (non-hydrogen) atoms. The minimum absolute atomic E-state index is 0.231. The lowest BCUT2D eigenvalue weighted by Crippen LogP contribution is -2.00. The summed E-state index contributed by atoms with van der Waals surface area (Å²) in [7, 11) is 0. The van der Waals surface area contributed by atoms with Gasteiger partial charge in [-0.2, -0.15) is 0 Å². The smallest absolute Gasteiger partial charge is 0.136 e. The van der Waals surface area contributed by atoms with Gasteiger partial charge in [-0.05, 0) is 26.7 Å². The van der Waals surface area contributed by atoms with Crippen LogP contribution in [0.3, 0.4) is 0 Å². The summed E-state index contributed by atoms with van der Waals surface area (Å²) >= 11 is 0. The minimum atomic E-state index is -0.231. The summed E-state index contributed by atoms with van der Waals surface area (Å²) in [6.07, 6.45) is 7.41. The Morgan fingerprint density at radius 1 is 1.46 bits per heavy atom. The van der Waals surface area contributed by atoms with Crippen molar-refractivity contribution < 1.29 is 9.90 Å². The monoisotopic (exact) mass is 184 g/mol. The largest absolute Gasteiger partial charge is 0.393 e. The van der Waals surface area contributed by atoms with Crippen LogP contribution in [0.4, 0.5) is 0 Å². The normalized spacial score (nSPS) is 13.5. The summed E-state index contributed by atoms with van der Waals surface area (Å²) in [5.74, 6) is 0.295. The van der Waals surface area contributed by atoms with E-state index in [1.165, 1.54) is 0 Å². The number of aliphatic hydroxyl groups excluding tert-OH is 1. The molecule has 0 aliphatic rings. The zero-order valence-electron chi connectivity index (χ0n) is 8.62. The van der Waals surface area contributed by atoms with Crippen molar-refractivity contribution in [2.24, 2.45) is 0 Å². The van der Waals surface area contributed by atoms with Gasteiger partial charge in [0.05, 0.1) is 6.10 Å². The van der Waals surface area contributed by atoms with Crippen LogP contribution < -0.4 is 0 Å². The summed E-state index contributed by atoms with van der Waals surface area (Å²) in [6.45, 7) is 3.70. The van der Waals surface area contributed by atoms with Crippen molar-refractivity contribution >= 4 is 5.78 Å². The molecule has 1 N–H and O–H groups in total. The molecule has 1 atom stereocenters. The molecule has 0 bridgehead atoms. The van der Waals surface area contributed by atoms with Crippen LogP contribution in [0.25, 0.3) is 0 Å². The fourth-order valence-electron chi connectivity index (χ4n) is 1.11. The van der Waals surface area contributed by atoms with Crippen LogP contribution in [-0.4, -0.2) is 17.0 Å². The zero-order valence-corrected chi connectivity index (χ0v) is 8.62. The maximum Gasteiger partial charge on any atom is 0.136 e. The molecule has 0 aliphatic heterocycles. The highest BCUT2D eigenvalue weighted by Crippen LogP contribution is 2.05. The lowest BCUT2D eigenvalue weighted by atomic mass is 10.1. The van der Waals surface area contributed by atoms with E-state index in [-0.39, 0.29) is 6.10 Å². The highest BCUT2D eigenvalue weighted by Gasteiger charge is 2.00. The fourth-order valence-corrected chi connectivity index (χ4v) is 1.11. The maximum atomic E-state index is 11.1. The standard InChI is InChI=1S/C11H20O2/c1-3-4-8-11(13)9-6-5-7-10(2)12/h3-4,10,12H,5-9H2,1-2H3. The molecule has 2 heteroatoms. The Morgan fingerprint density at radius 2 is 2.15 bits per heavy atom. The van der Waals surface area contributed by atoms with Crippen LogP contribution in [-0.2, 0) is 4.79 Å². The van der Waals surface area contributed by atoms with Crippen LogP contribution in [0.15, 0.2) is 12.2 Å². The summed E-state index contributed by atoms with van der Waals surface area (Å²) in [5.41, 5.74) is 0. The van der Waals surface area contributed by atoms with Gasteiger partial charge < -0.3 is 5.11 Å². The Labute approximate surface area is 80.7 Å². The van der Waals surface area contributed by atoms with Crippen LogP contribution in [0, 0.1) is 0 Å². The highest BCUT2D eigenvalue weighted by atomic mass is 16.3. The van der Waals surface area contributed by atoms with E-state index in [0.29, 0.717) is 18.6 Å². The molecule has 0 amide bonds. The molecule has 0 aliphatic carbocycles. The van der Waals surface area contributed by atoms with Gasteiger partial charge in [0.25, 0.3) is 0 Å². The van der Waals surface area contributed by atoms with Crippen LogP contribution in [0.1, 0.15) is 46.0 Å². The Morgan fingerprint density at radius 3 is 2.69 bits per heavy atom. The Balaban J connectivity index is 3.27. The molecule has 0 aromatic rings. The molecule has 0 saturated carbocycles. The molecule has 0 aromatic heterocycles. The van der Waals surface area contributed by atoms with E-state index in [4.69, 9.17) is 5.11 Å². The predicted molar refractivity (Wildman–Crippen MR) is 54.6 cm³/mol. The number of hydrogen-bond donors (Lipinski definition) is 1. The first-order valence-corrected chi connectivity index (χ1v) is 4.97. The maximum absolute atomic E-state index is 11.1. The number of rotatable bonds is 7. The third kappa shape index (κ3) is 9.28. The first-order valence-electron chi connectivity index (χ1n) is 4.97. The van der Waals surface area contributed by atoms with E-state index < -0.39 is 0 Å². The van der Waals surface area contributed by atoms with Crippen molar-refractivity contribution in [2.45, 2.75) is 52.1 Å². The number of allylic oxidation sites excluding steroid dienone is 2. The Bertz CT molecular complexity index is 159. The third-order valence-electron chi connectivity index (χ3n) is 1.91.